The summed E-state index contributed by atoms with van der Waals surface area (Å²) < 4.78 is 18.8. The minimum Gasteiger partial charge on any atom is -0.354 e. The van der Waals surface area contributed by atoms with Gasteiger partial charge in [-0.25, -0.2) is 18.6 Å². The summed E-state index contributed by atoms with van der Waals surface area (Å²) in [4.78, 5) is 33.7. The van der Waals surface area contributed by atoms with E-state index in [9.17, 15) is 9.59 Å². The van der Waals surface area contributed by atoms with E-state index in [1.54, 1.807) is 43.0 Å². The van der Waals surface area contributed by atoms with Crippen LogP contribution in [0, 0.1) is 19.7 Å². The Morgan fingerprint density at radius 3 is 2.84 bits per heavy atom. The Balaban J connectivity index is 1.26. The number of pyridine rings is 1. The molecule has 4 aromatic heterocycles. The smallest absolute Gasteiger partial charge is 0.274 e. The van der Waals surface area contributed by atoms with Crippen molar-refractivity contribution < 1.29 is 9.18 Å². The van der Waals surface area contributed by atoms with E-state index < -0.39 is 5.82 Å². The molecule has 11 heteroatoms. The number of halogens is 1. The molecule has 2 N–H and O–H groups in total. The second kappa shape index (κ2) is 8.63. The number of benzene rings is 1. The highest BCUT2D eigenvalue weighted by molar-refractivity contribution is 5.92. The van der Waals surface area contributed by atoms with E-state index in [-0.39, 0.29) is 17.0 Å². The molecule has 0 saturated heterocycles. The molecule has 0 bridgehead atoms. The third-order valence-corrected chi connectivity index (χ3v) is 6.93. The summed E-state index contributed by atoms with van der Waals surface area (Å²) in [6.07, 6.45) is 4.30. The van der Waals surface area contributed by atoms with E-state index in [4.69, 9.17) is 5.10 Å². The van der Waals surface area contributed by atoms with Gasteiger partial charge >= 0.3 is 0 Å². The Bertz CT molecular complexity index is 1770. The molecule has 37 heavy (non-hydrogen) atoms. The van der Waals surface area contributed by atoms with E-state index in [1.165, 1.54) is 4.52 Å². The summed E-state index contributed by atoms with van der Waals surface area (Å²) in [5, 5.41) is 11.6. The maximum absolute atomic E-state index is 15.5. The lowest BCUT2D eigenvalue weighted by atomic mass is 10.1. The third-order valence-electron chi connectivity index (χ3n) is 6.93. The summed E-state index contributed by atoms with van der Waals surface area (Å²) in [6.45, 7) is 5.39. The van der Waals surface area contributed by atoms with Gasteiger partial charge in [-0.15, -0.1) is 0 Å². The standard InChI is InChI=1S/C26H25FN8O2/c1-14-10-29-35-21-6-4-16(22(27)23(21)31-26(37)24(14)35)11-33-9-8-18-17(12-33)13-34(32-18)20-7-5-19(25(36)28-3)30-15(20)2/h4-7,10,13H,8-9,11-12H2,1-3H3,(H,28,36)(H,31,37). The number of fused-ring (bicyclic) bond motifs is 4. The van der Waals surface area contributed by atoms with Crippen molar-refractivity contribution in [1.82, 2.24) is 39.6 Å². The van der Waals surface area contributed by atoms with Gasteiger partial charge in [-0.2, -0.15) is 10.2 Å². The summed E-state index contributed by atoms with van der Waals surface area (Å²) in [5.74, 6) is -0.678. The predicted molar refractivity (Wildman–Crippen MR) is 135 cm³/mol. The number of amides is 1. The maximum Gasteiger partial charge on any atom is 0.274 e. The second-order valence-corrected chi connectivity index (χ2v) is 9.36. The highest BCUT2D eigenvalue weighted by Crippen LogP contribution is 2.25. The van der Waals surface area contributed by atoms with Crippen LogP contribution in [0.5, 0.6) is 0 Å². The van der Waals surface area contributed by atoms with Crippen LogP contribution in [0.25, 0.3) is 22.2 Å². The first kappa shape index (κ1) is 23.0. The van der Waals surface area contributed by atoms with Crippen LogP contribution in [-0.2, 0) is 19.5 Å². The molecule has 0 atom stereocenters. The van der Waals surface area contributed by atoms with Crippen molar-refractivity contribution in [3.63, 3.8) is 0 Å². The molecule has 1 aliphatic rings. The number of nitrogens with one attached hydrogen (secondary N) is 2. The molecule has 1 aromatic carbocycles. The van der Waals surface area contributed by atoms with Crippen molar-refractivity contribution in [3.05, 3.63) is 86.6 Å². The van der Waals surface area contributed by atoms with Crippen LogP contribution < -0.4 is 10.9 Å². The van der Waals surface area contributed by atoms with Crippen LogP contribution in [0.2, 0.25) is 0 Å². The van der Waals surface area contributed by atoms with Gasteiger partial charge in [0.1, 0.15) is 16.7 Å². The lowest BCUT2D eigenvalue weighted by Gasteiger charge is -2.26. The Morgan fingerprint density at radius 2 is 2.05 bits per heavy atom. The van der Waals surface area contributed by atoms with Crippen LogP contribution in [0.3, 0.4) is 0 Å². The number of aromatic amines is 1. The Morgan fingerprint density at radius 1 is 1.22 bits per heavy atom. The Kier molecular flexibility index (Phi) is 5.37. The minimum absolute atomic E-state index is 0.159. The van der Waals surface area contributed by atoms with E-state index in [0.29, 0.717) is 41.1 Å². The summed E-state index contributed by atoms with van der Waals surface area (Å²) in [6, 6.07) is 7.08. The normalized spacial score (nSPS) is 13.8. The fourth-order valence-corrected chi connectivity index (χ4v) is 5.01. The fraction of sp³-hybridized carbons (Fsp3) is 0.269. The molecule has 1 aliphatic heterocycles. The van der Waals surface area contributed by atoms with Crippen molar-refractivity contribution in [1.29, 1.82) is 0 Å². The number of rotatable bonds is 4. The maximum atomic E-state index is 15.5. The molecule has 1 amide bonds. The summed E-state index contributed by atoms with van der Waals surface area (Å²) in [7, 11) is 1.57. The number of hydrogen-bond acceptors (Lipinski definition) is 6. The number of hydrogen-bond donors (Lipinski definition) is 2. The van der Waals surface area contributed by atoms with Gasteiger partial charge in [-0.1, -0.05) is 6.07 Å². The first-order valence-corrected chi connectivity index (χ1v) is 12.0. The highest BCUT2D eigenvalue weighted by Gasteiger charge is 2.23. The van der Waals surface area contributed by atoms with E-state index >= 15 is 4.39 Å². The molecule has 0 spiro atoms. The fourth-order valence-electron chi connectivity index (χ4n) is 5.01. The zero-order chi connectivity index (χ0) is 25.8. The molecular weight excluding hydrogens is 475 g/mol. The average Bonchev–Trinajstić information content (AvgIpc) is 3.49. The molecule has 0 unspecified atom stereocenters. The van der Waals surface area contributed by atoms with Crippen molar-refractivity contribution in [2.75, 3.05) is 13.6 Å². The SMILES string of the molecule is CNC(=O)c1ccc(-n2cc3c(n2)CCN(Cc2ccc4c([nH]c(=O)c5c(C)cnn54)c2F)C3)c(C)n1. The van der Waals surface area contributed by atoms with E-state index in [2.05, 4.69) is 25.3 Å². The summed E-state index contributed by atoms with van der Waals surface area (Å²) in [5.41, 5.74) is 5.91. The molecular formula is C26H25FN8O2. The second-order valence-electron chi connectivity index (χ2n) is 9.36. The number of carbonyl (C=O) groups excluding carboxylic acids is 1. The quantitative estimate of drug-likeness (QED) is 0.392. The van der Waals surface area contributed by atoms with Crippen molar-refractivity contribution in [3.8, 4) is 5.69 Å². The molecule has 0 fully saturated rings. The van der Waals surface area contributed by atoms with Gasteiger partial charge in [-0.3, -0.25) is 14.5 Å². The number of carbonyl (C=O) groups is 1. The monoisotopic (exact) mass is 500 g/mol. The lowest BCUT2D eigenvalue weighted by molar-refractivity contribution is 0.0958. The van der Waals surface area contributed by atoms with Crippen molar-refractivity contribution in [2.45, 2.75) is 33.4 Å². The van der Waals surface area contributed by atoms with Crippen LogP contribution >= 0.6 is 0 Å². The third kappa shape index (κ3) is 3.78. The topological polar surface area (TPSA) is 113 Å². The number of H-pyrrole nitrogens is 1. The van der Waals surface area contributed by atoms with E-state index in [1.807, 2.05) is 19.2 Å². The number of nitrogens with zero attached hydrogens (tertiary/aromatic N) is 6. The Hall–Kier alpha value is -4.38. The average molecular weight is 501 g/mol. The van der Waals surface area contributed by atoms with Crippen LogP contribution in [0.1, 0.15) is 38.6 Å². The zero-order valence-corrected chi connectivity index (χ0v) is 20.7. The van der Waals surface area contributed by atoms with Crippen molar-refractivity contribution in [2.24, 2.45) is 0 Å². The van der Waals surface area contributed by atoms with Gasteiger partial charge in [-0.05, 0) is 32.0 Å². The minimum atomic E-state index is -0.441. The summed E-state index contributed by atoms with van der Waals surface area (Å²) >= 11 is 0. The molecule has 10 nitrogen and oxygen atoms in total. The molecule has 0 saturated carbocycles. The number of aryl methyl sites for hydroxylation is 2. The Labute approximate surface area is 210 Å². The lowest BCUT2D eigenvalue weighted by Crippen LogP contribution is -2.30. The molecule has 0 aliphatic carbocycles. The molecule has 0 radical (unpaired) electrons. The van der Waals surface area contributed by atoms with Gasteiger partial charge in [0.05, 0.1) is 28.8 Å². The van der Waals surface area contributed by atoms with Crippen LogP contribution in [-0.4, -0.2) is 53.8 Å². The van der Waals surface area contributed by atoms with Crippen molar-refractivity contribution >= 4 is 22.5 Å². The first-order valence-electron chi connectivity index (χ1n) is 12.0. The molecule has 5 aromatic rings. The van der Waals surface area contributed by atoms with E-state index in [0.717, 1.165) is 35.5 Å². The molecule has 5 heterocycles. The molecule has 6 rings (SSSR count). The predicted octanol–water partition coefficient (Wildman–Crippen LogP) is 2.43. The van der Waals surface area contributed by atoms with Crippen LogP contribution in [0.4, 0.5) is 4.39 Å². The zero-order valence-electron chi connectivity index (χ0n) is 20.7. The van der Waals surface area contributed by atoms with Crippen LogP contribution in [0.15, 0.2) is 41.5 Å². The van der Waals surface area contributed by atoms with Gasteiger partial charge in [0.25, 0.3) is 11.5 Å². The van der Waals surface area contributed by atoms with Gasteiger partial charge in [0.15, 0.2) is 5.82 Å². The molecule has 188 valence electrons. The number of aromatic nitrogens is 6. The largest absolute Gasteiger partial charge is 0.354 e. The van der Waals surface area contributed by atoms with Gasteiger partial charge in [0.2, 0.25) is 0 Å². The van der Waals surface area contributed by atoms with Gasteiger partial charge in [0, 0.05) is 56.0 Å². The highest BCUT2D eigenvalue weighted by atomic mass is 19.1. The first-order chi connectivity index (χ1) is 17.8. The van der Waals surface area contributed by atoms with Gasteiger partial charge < -0.3 is 10.3 Å².